The number of piperazine rings is 1. The van der Waals surface area contributed by atoms with Crippen molar-refractivity contribution in [2.75, 3.05) is 39.3 Å². The predicted octanol–water partition coefficient (Wildman–Crippen LogP) is 1.41. The first kappa shape index (κ1) is 19.7. The molecule has 2 unspecified atom stereocenters. The molecule has 1 aliphatic carbocycles. The van der Waals surface area contributed by atoms with Crippen LogP contribution in [0.3, 0.4) is 0 Å². The fourth-order valence-electron chi connectivity index (χ4n) is 3.29. The zero-order chi connectivity index (χ0) is 15.1. The van der Waals surface area contributed by atoms with Gasteiger partial charge < -0.3 is 15.4 Å². The van der Waals surface area contributed by atoms with Crippen LogP contribution in [0.2, 0.25) is 0 Å². The lowest BCUT2D eigenvalue weighted by atomic mass is 9.88. The number of carbonyl (C=O) groups excluding carboxylic acids is 1. The lowest BCUT2D eigenvalue weighted by molar-refractivity contribution is -0.123. The number of hydrogen-bond donors (Lipinski definition) is 2. The Hall–Kier alpha value is -0.360. The smallest absolute Gasteiger partial charge is 0.234 e. The summed E-state index contributed by atoms with van der Waals surface area (Å²) in [5.74, 6) is 0.778. The first-order valence-corrected chi connectivity index (χ1v) is 8.50. The molecular formula is C16H32ClN3O2. The van der Waals surface area contributed by atoms with E-state index in [4.69, 9.17) is 4.74 Å². The summed E-state index contributed by atoms with van der Waals surface area (Å²) >= 11 is 0. The van der Waals surface area contributed by atoms with Crippen LogP contribution < -0.4 is 10.6 Å². The Morgan fingerprint density at radius 1 is 1.32 bits per heavy atom. The molecule has 1 aliphatic heterocycles. The molecule has 1 saturated heterocycles. The molecule has 0 radical (unpaired) electrons. The van der Waals surface area contributed by atoms with Crippen molar-refractivity contribution in [3.05, 3.63) is 0 Å². The van der Waals surface area contributed by atoms with E-state index in [-0.39, 0.29) is 18.3 Å². The molecule has 130 valence electrons. The van der Waals surface area contributed by atoms with Crippen molar-refractivity contribution >= 4 is 18.3 Å². The maximum Gasteiger partial charge on any atom is 0.234 e. The quantitative estimate of drug-likeness (QED) is 0.722. The van der Waals surface area contributed by atoms with Gasteiger partial charge in [0.2, 0.25) is 5.91 Å². The molecule has 1 amide bonds. The average Bonchev–Trinajstić information content (AvgIpc) is 2.48. The van der Waals surface area contributed by atoms with Gasteiger partial charge >= 0.3 is 0 Å². The minimum absolute atomic E-state index is 0. The van der Waals surface area contributed by atoms with E-state index in [0.717, 1.165) is 19.6 Å². The van der Waals surface area contributed by atoms with Gasteiger partial charge in [-0.15, -0.1) is 12.4 Å². The molecular weight excluding hydrogens is 302 g/mol. The lowest BCUT2D eigenvalue weighted by Crippen LogP contribution is -2.52. The van der Waals surface area contributed by atoms with E-state index in [9.17, 15) is 4.79 Å². The highest BCUT2D eigenvalue weighted by Gasteiger charge is 2.22. The van der Waals surface area contributed by atoms with Gasteiger partial charge in [-0.3, -0.25) is 9.69 Å². The van der Waals surface area contributed by atoms with E-state index in [2.05, 4.69) is 29.4 Å². The minimum atomic E-state index is 0. The fourth-order valence-corrected chi connectivity index (χ4v) is 3.29. The Morgan fingerprint density at radius 3 is 2.82 bits per heavy atom. The second-order valence-electron chi connectivity index (χ2n) is 6.54. The molecule has 0 aromatic heterocycles. The number of halogens is 1. The highest BCUT2D eigenvalue weighted by Crippen LogP contribution is 2.25. The van der Waals surface area contributed by atoms with Gasteiger partial charge in [0.1, 0.15) is 0 Å². The van der Waals surface area contributed by atoms with Crippen LogP contribution >= 0.6 is 12.4 Å². The highest BCUT2D eigenvalue weighted by molar-refractivity contribution is 5.85. The molecule has 2 rings (SSSR count). The number of rotatable bonds is 6. The summed E-state index contributed by atoms with van der Waals surface area (Å²) in [6.45, 7) is 9.09. The van der Waals surface area contributed by atoms with Crippen LogP contribution in [-0.2, 0) is 9.53 Å². The molecule has 0 aromatic rings. The Morgan fingerprint density at radius 2 is 2.09 bits per heavy atom. The molecule has 3 atom stereocenters. The van der Waals surface area contributed by atoms with Crippen molar-refractivity contribution in [1.82, 2.24) is 15.5 Å². The van der Waals surface area contributed by atoms with Gasteiger partial charge in [-0.1, -0.05) is 19.8 Å². The van der Waals surface area contributed by atoms with Crippen LogP contribution in [0.4, 0.5) is 0 Å². The van der Waals surface area contributed by atoms with Crippen LogP contribution in [0.25, 0.3) is 0 Å². The third-order valence-electron chi connectivity index (χ3n) is 4.77. The van der Waals surface area contributed by atoms with Crippen LogP contribution in [0.5, 0.6) is 0 Å². The van der Waals surface area contributed by atoms with E-state index in [1.54, 1.807) is 0 Å². The Balaban J connectivity index is 0.00000242. The molecule has 22 heavy (non-hydrogen) atoms. The topological polar surface area (TPSA) is 53.6 Å². The normalized spacial score (nSPS) is 29.6. The standard InChI is InChI=1S/C16H31N3O2.ClH/c1-13-5-3-4-6-15(13)21-10-8-18-16(20)12-19-9-7-17-11-14(19)2;/h13-15,17H,3-12H2,1-2H3,(H,18,20);1H/t13?,14-,15?;/m0./s1. The molecule has 1 heterocycles. The molecule has 0 aromatic carbocycles. The number of hydrogen-bond acceptors (Lipinski definition) is 4. The second-order valence-corrected chi connectivity index (χ2v) is 6.54. The van der Waals surface area contributed by atoms with Gasteiger partial charge in [-0.2, -0.15) is 0 Å². The van der Waals surface area contributed by atoms with Crippen molar-refractivity contribution in [1.29, 1.82) is 0 Å². The zero-order valence-corrected chi connectivity index (χ0v) is 14.8. The fraction of sp³-hybridized carbons (Fsp3) is 0.938. The van der Waals surface area contributed by atoms with Gasteiger partial charge in [0, 0.05) is 32.2 Å². The monoisotopic (exact) mass is 333 g/mol. The van der Waals surface area contributed by atoms with Crippen molar-refractivity contribution in [3.63, 3.8) is 0 Å². The van der Waals surface area contributed by atoms with E-state index in [0.29, 0.717) is 37.8 Å². The molecule has 6 heteroatoms. The Bertz CT molecular complexity index is 331. The number of ether oxygens (including phenoxy) is 1. The van der Waals surface area contributed by atoms with Gasteiger partial charge in [0.25, 0.3) is 0 Å². The van der Waals surface area contributed by atoms with E-state index < -0.39 is 0 Å². The summed E-state index contributed by atoms with van der Waals surface area (Å²) in [5, 5.41) is 6.32. The Kier molecular flexibility index (Phi) is 9.33. The van der Waals surface area contributed by atoms with E-state index in [1.165, 1.54) is 25.7 Å². The largest absolute Gasteiger partial charge is 0.376 e. The molecule has 2 fully saturated rings. The summed E-state index contributed by atoms with van der Waals surface area (Å²) in [5.41, 5.74) is 0. The third-order valence-corrected chi connectivity index (χ3v) is 4.77. The molecule has 0 bridgehead atoms. The molecule has 1 saturated carbocycles. The van der Waals surface area contributed by atoms with Gasteiger partial charge in [0.05, 0.1) is 19.3 Å². The van der Waals surface area contributed by atoms with Crippen molar-refractivity contribution in [2.45, 2.75) is 51.7 Å². The third kappa shape index (κ3) is 6.41. The van der Waals surface area contributed by atoms with Gasteiger partial charge in [-0.25, -0.2) is 0 Å². The number of carbonyl (C=O) groups is 1. The summed E-state index contributed by atoms with van der Waals surface area (Å²) in [7, 11) is 0. The molecule has 2 aliphatic rings. The average molecular weight is 334 g/mol. The van der Waals surface area contributed by atoms with Crippen LogP contribution in [0, 0.1) is 5.92 Å². The first-order chi connectivity index (χ1) is 10.2. The van der Waals surface area contributed by atoms with Crippen molar-refractivity contribution in [3.8, 4) is 0 Å². The predicted molar refractivity (Wildman–Crippen MR) is 91.5 cm³/mol. The van der Waals surface area contributed by atoms with Crippen LogP contribution in [0.15, 0.2) is 0 Å². The summed E-state index contributed by atoms with van der Waals surface area (Å²) in [6.07, 6.45) is 5.46. The molecule has 0 spiro atoms. The SMILES string of the molecule is CC1CCCCC1OCCNC(=O)CN1CCNC[C@@H]1C.Cl. The number of nitrogens with one attached hydrogen (secondary N) is 2. The Labute approximate surface area is 140 Å². The number of nitrogens with zero attached hydrogens (tertiary/aromatic N) is 1. The highest BCUT2D eigenvalue weighted by atomic mass is 35.5. The minimum Gasteiger partial charge on any atom is -0.376 e. The summed E-state index contributed by atoms with van der Waals surface area (Å²) in [4.78, 5) is 14.2. The summed E-state index contributed by atoms with van der Waals surface area (Å²) in [6, 6.07) is 0.434. The molecule has 5 nitrogen and oxygen atoms in total. The first-order valence-electron chi connectivity index (χ1n) is 8.50. The van der Waals surface area contributed by atoms with Crippen molar-refractivity contribution in [2.24, 2.45) is 5.92 Å². The summed E-state index contributed by atoms with van der Waals surface area (Å²) < 4.78 is 5.92. The van der Waals surface area contributed by atoms with Gasteiger partial charge in [0.15, 0.2) is 0 Å². The maximum absolute atomic E-state index is 11.9. The molecule has 2 N–H and O–H groups in total. The zero-order valence-electron chi connectivity index (χ0n) is 14.0. The van der Waals surface area contributed by atoms with Crippen molar-refractivity contribution < 1.29 is 9.53 Å². The lowest BCUT2D eigenvalue weighted by Gasteiger charge is -2.33. The maximum atomic E-state index is 11.9. The van der Waals surface area contributed by atoms with E-state index >= 15 is 0 Å². The number of amides is 1. The van der Waals surface area contributed by atoms with E-state index in [1.807, 2.05) is 0 Å². The second kappa shape index (κ2) is 10.4. The van der Waals surface area contributed by atoms with Gasteiger partial charge in [-0.05, 0) is 25.7 Å². The van der Waals surface area contributed by atoms with Crippen LogP contribution in [0.1, 0.15) is 39.5 Å². The van der Waals surface area contributed by atoms with Crippen LogP contribution in [-0.4, -0.2) is 62.3 Å².